The fourth-order valence-electron chi connectivity index (χ4n) is 2.83. The molecule has 0 saturated heterocycles. The first-order chi connectivity index (χ1) is 10.1. The van der Waals surface area contributed by atoms with Crippen molar-refractivity contribution in [3.63, 3.8) is 0 Å². The van der Waals surface area contributed by atoms with E-state index in [2.05, 4.69) is 40.3 Å². The maximum Gasteiger partial charge on any atom is 0.223 e. The minimum absolute atomic E-state index is 0. The Kier molecular flexibility index (Phi) is 8.83. The highest BCUT2D eigenvalue weighted by atomic mass is 79.9. The van der Waals surface area contributed by atoms with Crippen LogP contribution in [-0.4, -0.2) is 24.2 Å². The van der Waals surface area contributed by atoms with E-state index in [4.69, 9.17) is 5.73 Å². The van der Waals surface area contributed by atoms with Gasteiger partial charge in [0.25, 0.3) is 0 Å². The number of rotatable bonds is 6. The Morgan fingerprint density at radius 1 is 1.41 bits per heavy atom. The molecule has 6 heteroatoms. The van der Waals surface area contributed by atoms with Gasteiger partial charge in [-0.1, -0.05) is 29.3 Å². The monoisotopic (exact) mass is 406 g/mol. The van der Waals surface area contributed by atoms with Crippen LogP contribution in [0.15, 0.2) is 33.6 Å². The molecule has 0 radical (unpaired) electrons. The quantitative estimate of drug-likeness (QED) is 0.704. The van der Waals surface area contributed by atoms with Gasteiger partial charge in [0.05, 0.1) is 0 Å². The van der Waals surface area contributed by atoms with Crippen molar-refractivity contribution in [2.75, 3.05) is 13.1 Å². The molecule has 1 saturated carbocycles. The summed E-state index contributed by atoms with van der Waals surface area (Å²) in [5, 5.41) is 3.45. The lowest BCUT2D eigenvalue weighted by Crippen LogP contribution is -2.37. The number of carbonyl (C=O) groups is 1. The van der Waals surface area contributed by atoms with Crippen LogP contribution in [0.4, 0.5) is 0 Å². The Morgan fingerprint density at radius 2 is 2.09 bits per heavy atom. The van der Waals surface area contributed by atoms with E-state index in [1.807, 2.05) is 12.1 Å². The van der Waals surface area contributed by atoms with E-state index in [0.717, 1.165) is 23.7 Å². The van der Waals surface area contributed by atoms with Crippen molar-refractivity contribution >= 4 is 46.0 Å². The number of nitrogens with one attached hydrogen (secondary N) is 1. The maximum absolute atomic E-state index is 12.2. The predicted molar refractivity (Wildman–Crippen MR) is 99.6 cm³/mol. The lowest BCUT2D eigenvalue weighted by atomic mass is 9.95. The Hall–Kier alpha value is -0.230. The fraction of sp³-hybridized carbons (Fsp3) is 0.562. The molecular formula is C16H24BrClN2OS. The van der Waals surface area contributed by atoms with Crippen LogP contribution in [-0.2, 0) is 4.79 Å². The van der Waals surface area contributed by atoms with E-state index in [-0.39, 0.29) is 24.2 Å². The summed E-state index contributed by atoms with van der Waals surface area (Å²) in [6.45, 7) is 3.47. The van der Waals surface area contributed by atoms with E-state index in [0.29, 0.717) is 24.3 Å². The molecule has 0 aliphatic heterocycles. The van der Waals surface area contributed by atoms with Crippen LogP contribution in [0.1, 0.15) is 26.2 Å². The van der Waals surface area contributed by atoms with E-state index in [9.17, 15) is 4.79 Å². The number of benzene rings is 1. The van der Waals surface area contributed by atoms with Gasteiger partial charge in [0, 0.05) is 27.1 Å². The minimum atomic E-state index is 0. The first-order valence-corrected chi connectivity index (χ1v) is 9.17. The van der Waals surface area contributed by atoms with Crippen LogP contribution in [0.2, 0.25) is 0 Å². The van der Waals surface area contributed by atoms with Crippen LogP contribution in [0.5, 0.6) is 0 Å². The van der Waals surface area contributed by atoms with Crippen molar-refractivity contribution < 1.29 is 4.79 Å². The van der Waals surface area contributed by atoms with E-state index < -0.39 is 0 Å². The summed E-state index contributed by atoms with van der Waals surface area (Å²) in [5.41, 5.74) is 5.74. The zero-order valence-electron chi connectivity index (χ0n) is 12.8. The summed E-state index contributed by atoms with van der Waals surface area (Å²) in [5.74, 6) is 0.686. The SMILES string of the molecule is CC(CNC(=O)[C@@H]1CCC[C@@H]1CN)Sc1ccc(Br)cc1.Cl. The maximum atomic E-state index is 12.2. The molecule has 1 aromatic rings. The highest BCUT2D eigenvalue weighted by molar-refractivity contribution is 9.10. The van der Waals surface area contributed by atoms with Crippen LogP contribution >= 0.6 is 40.1 Å². The number of nitrogens with two attached hydrogens (primary N) is 1. The summed E-state index contributed by atoms with van der Waals surface area (Å²) >= 11 is 5.22. The first kappa shape index (κ1) is 19.8. The van der Waals surface area contributed by atoms with Crippen molar-refractivity contribution in [1.29, 1.82) is 0 Å². The third-order valence-corrected chi connectivity index (χ3v) is 5.66. The van der Waals surface area contributed by atoms with Gasteiger partial charge < -0.3 is 11.1 Å². The molecule has 0 spiro atoms. The molecule has 1 aliphatic carbocycles. The van der Waals surface area contributed by atoms with Crippen molar-refractivity contribution in [1.82, 2.24) is 5.32 Å². The number of hydrogen-bond donors (Lipinski definition) is 2. The van der Waals surface area contributed by atoms with Crippen LogP contribution in [0.3, 0.4) is 0 Å². The molecule has 1 fully saturated rings. The van der Waals surface area contributed by atoms with Crippen molar-refractivity contribution in [3.8, 4) is 0 Å². The predicted octanol–water partition coefficient (Wildman–Crippen LogP) is 3.84. The first-order valence-electron chi connectivity index (χ1n) is 7.50. The molecule has 3 N–H and O–H groups in total. The Labute approximate surface area is 151 Å². The third-order valence-electron chi connectivity index (χ3n) is 4.01. The van der Waals surface area contributed by atoms with Gasteiger partial charge in [-0.3, -0.25) is 4.79 Å². The van der Waals surface area contributed by atoms with Crippen LogP contribution < -0.4 is 11.1 Å². The Balaban J connectivity index is 0.00000242. The van der Waals surface area contributed by atoms with Gasteiger partial charge in [0.2, 0.25) is 5.91 Å². The molecule has 1 unspecified atom stereocenters. The molecular weight excluding hydrogens is 384 g/mol. The average Bonchev–Trinajstić information content (AvgIpc) is 2.96. The van der Waals surface area contributed by atoms with Crippen LogP contribution in [0.25, 0.3) is 0 Å². The number of carbonyl (C=O) groups excluding carboxylic acids is 1. The largest absolute Gasteiger partial charge is 0.355 e. The van der Waals surface area contributed by atoms with Crippen molar-refractivity contribution in [2.45, 2.75) is 36.3 Å². The molecule has 2 rings (SSSR count). The molecule has 3 nitrogen and oxygen atoms in total. The summed E-state index contributed by atoms with van der Waals surface area (Å²) in [4.78, 5) is 13.5. The van der Waals surface area contributed by atoms with Gasteiger partial charge in [-0.15, -0.1) is 24.2 Å². The second kappa shape index (κ2) is 9.81. The molecule has 1 aliphatic rings. The topological polar surface area (TPSA) is 55.1 Å². The van der Waals surface area contributed by atoms with Crippen molar-refractivity contribution in [2.24, 2.45) is 17.6 Å². The van der Waals surface area contributed by atoms with Gasteiger partial charge >= 0.3 is 0 Å². The Bertz CT molecular complexity index is 472. The average molecular weight is 408 g/mol. The normalized spacial score (nSPS) is 22.0. The number of amides is 1. The molecule has 3 atom stereocenters. The molecule has 22 heavy (non-hydrogen) atoms. The van der Waals surface area contributed by atoms with E-state index >= 15 is 0 Å². The van der Waals surface area contributed by atoms with Gasteiger partial charge in [-0.05, 0) is 49.6 Å². The van der Waals surface area contributed by atoms with Gasteiger partial charge in [0.15, 0.2) is 0 Å². The van der Waals surface area contributed by atoms with E-state index in [1.165, 1.54) is 4.90 Å². The van der Waals surface area contributed by atoms with Gasteiger partial charge in [0.1, 0.15) is 0 Å². The Morgan fingerprint density at radius 3 is 2.73 bits per heavy atom. The number of thioether (sulfide) groups is 1. The molecule has 0 heterocycles. The lowest BCUT2D eigenvalue weighted by molar-refractivity contribution is -0.125. The zero-order chi connectivity index (χ0) is 15.2. The standard InChI is InChI=1S/C16H23BrN2OS.ClH/c1-11(21-14-7-5-13(17)6-8-14)10-19-16(20)15-4-2-3-12(15)9-18;/h5-8,11-12,15H,2-4,9-10,18H2,1H3,(H,19,20);1H/t11?,12-,15-;/m1./s1. The summed E-state index contributed by atoms with van der Waals surface area (Å²) in [6, 6.07) is 8.26. The molecule has 1 amide bonds. The minimum Gasteiger partial charge on any atom is -0.355 e. The van der Waals surface area contributed by atoms with Gasteiger partial charge in [-0.2, -0.15) is 0 Å². The second-order valence-electron chi connectivity index (χ2n) is 5.66. The molecule has 0 bridgehead atoms. The third kappa shape index (κ3) is 5.76. The van der Waals surface area contributed by atoms with Crippen molar-refractivity contribution in [3.05, 3.63) is 28.7 Å². The smallest absolute Gasteiger partial charge is 0.223 e. The van der Waals surface area contributed by atoms with Crippen LogP contribution in [0, 0.1) is 11.8 Å². The highest BCUT2D eigenvalue weighted by Crippen LogP contribution is 2.31. The molecule has 0 aromatic heterocycles. The highest BCUT2D eigenvalue weighted by Gasteiger charge is 2.31. The van der Waals surface area contributed by atoms with Gasteiger partial charge in [-0.25, -0.2) is 0 Å². The summed E-state index contributed by atoms with van der Waals surface area (Å²) in [7, 11) is 0. The number of hydrogen-bond acceptors (Lipinski definition) is 3. The second-order valence-corrected chi connectivity index (χ2v) is 8.09. The zero-order valence-corrected chi connectivity index (χ0v) is 16.0. The fourth-order valence-corrected chi connectivity index (χ4v) is 4.02. The molecule has 1 aromatic carbocycles. The lowest BCUT2D eigenvalue weighted by Gasteiger charge is -2.19. The summed E-state index contributed by atoms with van der Waals surface area (Å²) < 4.78 is 1.09. The summed E-state index contributed by atoms with van der Waals surface area (Å²) in [6.07, 6.45) is 3.21. The molecule has 124 valence electrons. The van der Waals surface area contributed by atoms with E-state index in [1.54, 1.807) is 11.8 Å². The number of halogens is 2.